The van der Waals surface area contributed by atoms with Crippen LogP contribution < -0.4 is 10.0 Å². The van der Waals surface area contributed by atoms with Gasteiger partial charge in [-0.1, -0.05) is 12.1 Å². The number of benzene rings is 1. The van der Waals surface area contributed by atoms with E-state index < -0.39 is 10.0 Å². The summed E-state index contributed by atoms with van der Waals surface area (Å²) in [6, 6.07) is 6.74. The van der Waals surface area contributed by atoms with E-state index in [4.69, 9.17) is 5.26 Å². The number of piperidine rings is 1. The van der Waals surface area contributed by atoms with Crippen molar-refractivity contribution in [3.63, 3.8) is 0 Å². The van der Waals surface area contributed by atoms with Gasteiger partial charge >= 0.3 is 0 Å². The maximum atomic E-state index is 12.3. The van der Waals surface area contributed by atoms with Crippen LogP contribution in [0.25, 0.3) is 0 Å². The zero-order valence-corrected chi connectivity index (χ0v) is 11.6. The maximum absolute atomic E-state index is 12.3. The zero-order valence-electron chi connectivity index (χ0n) is 10.8. The van der Waals surface area contributed by atoms with E-state index >= 15 is 0 Å². The molecule has 1 atom stereocenters. The third-order valence-corrected chi connectivity index (χ3v) is 4.82. The highest BCUT2D eigenvalue weighted by atomic mass is 32.2. The second kappa shape index (κ2) is 5.70. The number of aryl methyl sites for hydroxylation is 1. The molecule has 0 radical (unpaired) electrons. The molecule has 0 spiro atoms. The van der Waals surface area contributed by atoms with Gasteiger partial charge in [-0.15, -0.1) is 0 Å². The predicted molar refractivity (Wildman–Crippen MR) is 72.1 cm³/mol. The molecule has 0 bridgehead atoms. The molecule has 19 heavy (non-hydrogen) atoms. The van der Waals surface area contributed by atoms with Crippen LogP contribution in [0.5, 0.6) is 0 Å². The number of sulfonamides is 1. The fourth-order valence-electron chi connectivity index (χ4n) is 2.24. The topological polar surface area (TPSA) is 82.0 Å². The molecule has 0 aliphatic carbocycles. The van der Waals surface area contributed by atoms with E-state index in [2.05, 4.69) is 10.0 Å². The van der Waals surface area contributed by atoms with Crippen molar-refractivity contribution >= 4 is 10.0 Å². The molecule has 1 aromatic carbocycles. The van der Waals surface area contributed by atoms with Crippen molar-refractivity contribution in [2.24, 2.45) is 0 Å². The van der Waals surface area contributed by atoms with Crippen molar-refractivity contribution in [2.45, 2.75) is 30.7 Å². The van der Waals surface area contributed by atoms with Crippen LogP contribution in [0.1, 0.15) is 24.0 Å². The van der Waals surface area contributed by atoms with Crippen molar-refractivity contribution in [1.29, 1.82) is 5.26 Å². The van der Waals surface area contributed by atoms with Crippen molar-refractivity contribution in [2.75, 3.05) is 13.1 Å². The molecule has 0 aromatic heterocycles. The Balaban J connectivity index is 2.29. The number of hydrogen-bond donors (Lipinski definition) is 2. The Morgan fingerprint density at radius 3 is 2.89 bits per heavy atom. The quantitative estimate of drug-likeness (QED) is 0.861. The van der Waals surface area contributed by atoms with Crippen molar-refractivity contribution < 1.29 is 8.42 Å². The molecule has 0 unspecified atom stereocenters. The van der Waals surface area contributed by atoms with Gasteiger partial charge in [0.2, 0.25) is 10.0 Å². The van der Waals surface area contributed by atoms with Gasteiger partial charge in [-0.05, 0) is 37.9 Å². The summed E-state index contributed by atoms with van der Waals surface area (Å²) in [5.41, 5.74) is 0.894. The lowest BCUT2D eigenvalue weighted by molar-refractivity contribution is 0.428. The van der Waals surface area contributed by atoms with Crippen LogP contribution in [0, 0.1) is 18.3 Å². The Morgan fingerprint density at radius 1 is 1.47 bits per heavy atom. The highest BCUT2D eigenvalue weighted by molar-refractivity contribution is 7.89. The average Bonchev–Trinajstić information content (AvgIpc) is 2.39. The molecule has 0 amide bonds. The second-order valence-corrected chi connectivity index (χ2v) is 6.41. The summed E-state index contributed by atoms with van der Waals surface area (Å²) in [4.78, 5) is 0.0700. The normalized spacial score (nSPS) is 19.9. The van der Waals surface area contributed by atoms with Crippen LogP contribution in [0.3, 0.4) is 0 Å². The van der Waals surface area contributed by atoms with E-state index in [1.807, 2.05) is 6.07 Å². The number of hydrogen-bond acceptors (Lipinski definition) is 4. The number of nitriles is 1. The van der Waals surface area contributed by atoms with E-state index in [1.165, 1.54) is 6.07 Å². The van der Waals surface area contributed by atoms with Crippen LogP contribution in [-0.4, -0.2) is 27.5 Å². The highest BCUT2D eigenvalue weighted by Gasteiger charge is 2.24. The molecule has 1 aromatic rings. The minimum absolute atomic E-state index is 0.0700. The van der Waals surface area contributed by atoms with Gasteiger partial charge in [-0.25, -0.2) is 13.1 Å². The number of nitrogens with one attached hydrogen (secondary N) is 2. The lowest BCUT2D eigenvalue weighted by atomic mass is 10.1. The first-order chi connectivity index (χ1) is 9.04. The Bertz CT molecular complexity index is 599. The van der Waals surface area contributed by atoms with Crippen LogP contribution >= 0.6 is 0 Å². The molecule has 5 nitrogen and oxygen atoms in total. The molecule has 1 aliphatic rings. The second-order valence-electron chi connectivity index (χ2n) is 4.72. The zero-order chi connectivity index (χ0) is 13.9. The van der Waals surface area contributed by atoms with Gasteiger partial charge in [0.15, 0.2) is 0 Å². The molecule has 1 saturated heterocycles. The van der Waals surface area contributed by atoms with Crippen LogP contribution in [-0.2, 0) is 10.0 Å². The fraction of sp³-hybridized carbons (Fsp3) is 0.462. The Labute approximate surface area is 113 Å². The molecule has 6 heteroatoms. The van der Waals surface area contributed by atoms with Gasteiger partial charge in [0.25, 0.3) is 0 Å². The summed E-state index contributed by atoms with van der Waals surface area (Å²) >= 11 is 0. The molecule has 102 valence electrons. The molecule has 1 fully saturated rings. The molecule has 2 N–H and O–H groups in total. The first kappa shape index (κ1) is 14.0. The van der Waals surface area contributed by atoms with Crippen molar-refractivity contribution in [3.05, 3.63) is 29.3 Å². The SMILES string of the molecule is Cc1cccc(S(=O)(=O)N[C@H]2CCCNC2)c1C#N. The van der Waals surface area contributed by atoms with Crippen LogP contribution in [0.15, 0.2) is 23.1 Å². The third kappa shape index (κ3) is 3.13. The standard InChI is InChI=1S/C13H17N3O2S/c1-10-4-2-6-13(12(10)8-14)19(17,18)16-11-5-3-7-15-9-11/h2,4,6,11,15-16H,3,5,7,9H2,1H3/t11-/m0/s1. The molecular formula is C13H17N3O2S. The first-order valence-corrected chi connectivity index (χ1v) is 7.75. The average molecular weight is 279 g/mol. The molecule has 1 heterocycles. The summed E-state index contributed by atoms with van der Waals surface area (Å²) in [6.45, 7) is 3.29. The van der Waals surface area contributed by atoms with E-state index in [0.717, 1.165) is 19.4 Å². The van der Waals surface area contributed by atoms with Gasteiger partial charge in [0, 0.05) is 12.6 Å². The van der Waals surface area contributed by atoms with E-state index in [9.17, 15) is 8.42 Å². The Hall–Kier alpha value is -1.42. The van der Waals surface area contributed by atoms with Gasteiger partial charge in [0.1, 0.15) is 11.0 Å². The molecule has 0 saturated carbocycles. The predicted octanol–water partition coefficient (Wildman–Crippen LogP) is 0.897. The van der Waals surface area contributed by atoms with E-state index in [0.29, 0.717) is 12.1 Å². The van der Waals surface area contributed by atoms with E-state index in [-0.39, 0.29) is 16.5 Å². The summed E-state index contributed by atoms with van der Waals surface area (Å²) in [5, 5.41) is 12.3. The minimum Gasteiger partial charge on any atom is -0.315 e. The molecule has 2 rings (SSSR count). The maximum Gasteiger partial charge on any atom is 0.242 e. The highest BCUT2D eigenvalue weighted by Crippen LogP contribution is 2.19. The van der Waals surface area contributed by atoms with Gasteiger partial charge in [0.05, 0.1) is 5.56 Å². The monoisotopic (exact) mass is 279 g/mol. The van der Waals surface area contributed by atoms with Gasteiger partial charge in [-0.3, -0.25) is 0 Å². The smallest absolute Gasteiger partial charge is 0.242 e. The lowest BCUT2D eigenvalue weighted by Gasteiger charge is -2.23. The fourth-order valence-corrected chi connectivity index (χ4v) is 3.74. The summed E-state index contributed by atoms with van der Waals surface area (Å²) < 4.78 is 27.4. The summed E-state index contributed by atoms with van der Waals surface area (Å²) in [6.07, 6.45) is 1.77. The summed E-state index contributed by atoms with van der Waals surface area (Å²) in [5.74, 6) is 0. The Kier molecular flexibility index (Phi) is 4.20. The largest absolute Gasteiger partial charge is 0.315 e. The van der Waals surface area contributed by atoms with Crippen molar-refractivity contribution in [3.8, 4) is 6.07 Å². The minimum atomic E-state index is -3.64. The van der Waals surface area contributed by atoms with Crippen LogP contribution in [0.4, 0.5) is 0 Å². The number of rotatable bonds is 3. The molecular weight excluding hydrogens is 262 g/mol. The summed E-state index contributed by atoms with van der Waals surface area (Å²) in [7, 11) is -3.64. The third-order valence-electron chi connectivity index (χ3n) is 3.25. The van der Waals surface area contributed by atoms with Crippen LogP contribution in [0.2, 0.25) is 0 Å². The van der Waals surface area contributed by atoms with E-state index in [1.54, 1.807) is 19.1 Å². The lowest BCUT2D eigenvalue weighted by Crippen LogP contribution is -2.45. The number of nitrogens with zero attached hydrogens (tertiary/aromatic N) is 1. The van der Waals surface area contributed by atoms with Crippen molar-refractivity contribution in [1.82, 2.24) is 10.0 Å². The van der Waals surface area contributed by atoms with Gasteiger partial charge < -0.3 is 5.32 Å². The first-order valence-electron chi connectivity index (χ1n) is 6.27. The van der Waals surface area contributed by atoms with Gasteiger partial charge in [-0.2, -0.15) is 5.26 Å². The Morgan fingerprint density at radius 2 is 2.26 bits per heavy atom. The molecule has 1 aliphatic heterocycles.